The lowest BCUT2D eigenvalue weighted by Crippen LogP contribution is -2.34. The maximum atomic E-state index is 12.9. The summed E-state index contributed by atoms with van der Waals surface area (Å²) in [6.07, 6.45) is 0. The van der Waals surface area contributed by atoms with Gasteiger partial charge >= 0.3 is 0 Å². The van der Waals surface area contributed by atoms with Gasteiger partial charge in [-0.2, -0.15) is 0 Å². The molecule has 0 heterocycles. The normalized spacial score (nSPS) is 13.2. The molecule has 0 aliphatic heterocycles. The first-order valence-corrected chi connectivity index (χ1v) is 7.97. The molecule has 0 radical (unpaired) electrons. The van der Waals surface area contributed by atoms with Crippen LogP contribution in [0.5, 0.6) is 5.75 Å². The average Bonchev–Trinajstić information content (AvgIpc) is 2.60. The molecule has 0 aliphatic rings. The molecule has 1 amide bonds. The highest BCUT2D eigenvalue weighted by molar-refractivity contribution is 5.78. The molecule has 4 nitrogen and oxygen atoms in total. The van der Waals surface area contributed by atoms with E-state index in [1.165, 1.54) is 12.1 Å². The Morgan fingerprint density at radius 3 is 2.33 bits per heavy atom. The molecule has 2 atom stereocenters. The van der Waals surface area contributed by atoms with E-state index in [4.69, 9.17) is 10.5 Å². The summed E-state index contributed by atoms with van der Waals surface area (Å²) in [7, 11) is 0. The fraction of sp³-hybridized carbons (Fsp3) is 0.316. The Hall–Kier alpha value is -2.40. The fourth-order valence-corrected chi connectivity index (χ4v) is 2.15. The van der Waals surface area contributed by atoms with Gasteiger partial charge in [0.25, 0.3) is 0 Å². The number of hydrogen-bond donors (Lipinski definition) is 2. The van der Waals surface area contributed by atoms with Crippen LogP contribution in [-0.4, -0.2) is 12.5 Å². The van der Waals surface area contributed by atoms with Crippen molar-refractivity contribution in [3.05, 3.63) is 65.5 Å². The van der Waals surface area contributed by atoms with E-state index in [-0.39, 0.29) is 23.7 Å². The van der Waals surface area contributed by atoms with Crippen molar-refractivity contribution in [2.75, 3.05) is 6.54 Å². The number of carbonyl (C=O) groups excluding carboxylic acids is 1. The minimum Gasteiger partial charge on any atom is -0.489 e. The summed E-state index contributed by atoms with van der Waals surface area (Å²) in [6, 6.07) is 13.7. The zero-order chi connectivity index (χ0) is 17.5. The second kappa shape index (κ2) is 8.45. The lowest BCUT2D eigenvalue weighted by Gasteiger charge is -2.17. The van der Waals surface area contributed by atoms with Gasteiger partial charge in [0, 0.05) is 12.5 Å². The van der Waals surface area contributed by atoms with Crippen LogP contribution in [0.4, 0.5) is 4.39 Å². The Labute approximate surface area is 141 Å². The first kappa shape index (κ1) is 17.9. The summed E-state index contributed by atoms with van der Waals surface area (Å²) >= 11 is 0. The van der Waals surface area contributed by atoms with Gasteiger partial charge in [-0.1, -0.05) is 31.2 Å². The van der Waals surface area contributed by atoms with Crippen LogP contribution < -0.4 is 15.8 Å². The first-order chi connectivity index (χ1) is 11.5. The summed E-state index contributed by atoms with van der Waals surface area (Å²) in [6.45, 7) is 4.43. The van der Waals surface area contributed by atoms with E-state index in [2.05, 4.69) is 5.32 Å². The predicted octanol–water partition coefficient (Wildman–Crippen LogP) is 3.18. The van der Waals surface area contributed by atoms with Crippen molar-refractivity contribution < 1.29 is 13.9 Å². The number of ether oxygens (including phenoxy) is 1. The molecule has 5 heteroatoms. The van der Waals surface area contributed by atoms with Crippen molar-refractivity contribution >= 4 is 5.91 Å². The van der Waals surface area contributed by atoms with Crippen molar-refractivity contribution in [1.82, 2.24) is 5.32 Å². The molecule has 128 valence electrons. The lowest BCUT2D eigenvalue weighted by atomic mass is 10.1. The molecule has 0 aromatic heterocycles. The molecule has 2 rings (SSSR count). The van der Waals surface area contributed by atoms with Crippen molar-refractivity contribution in [3.8, 4) is 5.75 Å². The fourth-order valence-electron chi connectivity index (χ4n) is 2.15. The molecule has 0 fully saturated rings. The van der Waals surface area contributed by atoms with Crippen LogP contribution in [0.1, 0.15) is 31.0 Å². The highest BCUT2D eigenvalue weighted by Crippen LogP contribution is 2.19. The second-order valence-corrected chi connectivity index (χ2v) is 5.85. The largest absolute Gasteiger partial charge is 0.489 e. The summed E-state index contributed by atoms with van der Waals surface area (Å²) in [5, 5.41) is 2.93. The van der Waals surface area contributed by atoms with Crippen molar-refractivity contribution in [3.63, 3.8) is 0 Å². The van der Waals surface area contributed by atoms with E-state index in [0.717, 1.165) is 16.9 Å². The molecular weight excluding hydrogens is 307 g/mol. The first-order valence-electron chi connectivity index (χ1n) is 7.97. The monoisotopic (exact) mass is 330 g/mol. The average molecular weight is 330 g/mol. The van der Waals surface area contributed by atoms with E-state index in [9.17, 15) is 9.18 Å². The van der Waals surface area contributed by atoms with Crippen molar-refractivity contribution in [1.29, 1.82) is 0 Å². The van der Waals surface area contributed by atoms with Gasteiger partial charge < -0.3 is 15.8 Å². The van der Waals surface area contributed by atoms with E-state index in [1.807, 2.05) is 31.2 Å². The van der Waals surface area contributed by atoms with Crippen LogP contribution in [0.2, 0.25) is 0 Å². The molecule has 0 bridgehead atoms. The van der Waals surface area contributed by atoms with Crippen LogP contribution in [0.3, 0.4) is 0 Å². The third kappa shape index (κ3) is 5.06. The van der Waals surface area contributed by atoms with Crippen molar-refractivity contribution in [2.45, 2.75) is 26.5 Å². The Morgan fingerprint density at radius 2 is 1.75 bits per heavy atom. The number of halogens is 1. The highest BCUT2D eigenvalue weighted by atomic mass is 19.1. The smallest absolute Gasteiger partial charge is 0.224 e. The van der Waals surface area contributed by atoms with E-state index in [1.54, 1.807) is 19.1 Å². The number of carbonyl (C=O) groups is 1. The van der Waals surface area contributed by atoms with E-state index < -0.39 is 0 Å². The summed E-state index contributed by atoms with van der Waals surface area (Å²) in [4.78, 5) is 11.9. The topological polar surface area (TPSA) is 64.4 Å². The van der Waals surface area contributed by atoms with E-state index >= 15 is 0 Å². The predicted molar refractivity (Wildman–Crippen MR) is 92.0 cm³/mol. The standard InChI is InChI=1S/C19H23FN2O2/c1-13(11-21)19(23)22-14(2)16-5-9-18(10-6-16)24-12-15-3-7-17(20)8-4-15/h3-10,13-14H,11-12,21H2,1-2H3,(H,22,23). The van der Waals surface area contributed by atoms with Crippen LogP contribution >= 0.6 is 0 Å². The minimum absolute atomic E-state index is 0.0540. The SMILES string of the molecule is CC(CN)C(=O)NC(C)c1ccc(OCc2ccc(F)cc2)cc1. The molecule has 0 saturated heterocycles. The molecular formula is C19H23FN2O2. The molecule has 24 heavy (non-hydrogen) atoms. The van der Waals surface area contributed by atoms with Gasteiger partial charge in [-0.3, -0.25) is 4.79 Å². The summed E-state index contributed by atoms with van der Waals surface area (Å²) in [5.41, 5.74) is 7.39. The van der Waals surface area contributed by atoms with Gasteiger partial charge in [-0.05, 0) is 42.3 Å². The molecule has 0 spiro atoms. The Bertz CT molecular complexity index is 656. The Balaban J connectivity index is 1.90. The van der Waals surface area contributed by atoms with Crippen LogP contribution in [0, 0.1) is 11.7 Å². The maximum Gasteiger partial charge on any atom is 0.224 e. The summed E-state index contributed by atoms with van der Waals surface area (Å²) in [5.74, 6) is 0.201. The third-order valence-corrected chi connectivity index (χ3v) is 3.86. The Morgan fingerprint density at radius 1 is 1.12 bits per heavy atom. The van der Waals surface area contributed by atoms with Crippen LogP contribution in [0.25, 0.3) is 0 Å². The van der Waals surface area contributed by atoms with Gasteiger partial charge in [-0.15, -0.1) is 0 Å². The summed E-state index contributed by atoms with van der Waals surface area (Å²) < 4.78 is 18.5. The molecule has 2 unspecified atom stereocenters. The van der Waals surface area contributed by atoms with Gasteiger partial charge in [0.15, 0.2) is 0 Å². The second-order valence-electron chi connectivity index (χ2n) is 5.85. The third-order valence-electron chi connectivity index (χ3n) is 3.86. The zero-order valence-electron chi connectivity index (χ0n) is 14.0. The number of hydrogen-bond acceptors (Lipinski definition) is 3. The molecule has 3 N–H and O–H groups in total. The van der Waals surface area contributed by atoms with Gasteiger partial charge in [0.05, 0.1) is 6.04 Å². The minimum atomic E-state index is -0.261. The molecule has 2 aromatic carbocycles. The van der Waals surface area contributed by atoms with Gasteiger partial charge in [-0.25, -0.2) is 4.39 Å². The number of amides is 1. The van der Waals surface area contributed by atoms with Gasteiger partial charge in [0.2, 0.25) is 5.91 Å². The number of nitrogens with one attached hydrogen (secondary N) is 1. The van der Waals surface area contributed by atoms with Gasteiger partial charge in [0.1, 0.15) is 18.2 Å². The molecule has 0 saturated carbocycles. The van der Waals surface area contributed by atoms with Crippen LogP contribution in [0.15, 0.2) is 48.5 Å². The number of benzene rings is 2. The Kier molecular flexibility index (Phi) is 6.32. The molecule has 0 aliphatic carbocycles. The number of rotatable bonds is 7. The van der Waals surface area contributed by atoms with E-state index in [0.29, 0.717) is 13.2 Å². The quantitative estimate of drug-likeness (QED) is 0.819. The highest BCUT2D eigenvalue weighted by Gasteiger charge is 2.14. The lowest BCUT2D eigenvalue weighted by molar-refractivity contribution is -0.124. The van der Waals surface area contributed by atoms with Crippen molar-refractivity contribution in [2.24, 2.45) is 11.7 Å². The maximum absolute atomic E-state index is 12.9. The number of nitrogens with two attached hydrogens (primary N) is 1. The zero-order valence-corrected chi connectivity index (χ0v) is 14.0. The van der Waals surface area contributed by atoms with Crippen LogP contribution in [-0.2, 0) is 11.4 Å². The molecule has 2 aromatic rings.